The highest BCUT2D eigenvalue weighted by atomic mass is 79.9. The molecular weight excluding hydrogens is 400 g/mol. The highest BCUT2D eigenvalue weighted by Crippen LogP contribution is 2.34. The van der Waals surface area contributed by atoms with E-state index < -0.39 is 5.91 Å². The van der Waals surface area contributed by atoms with Crippen molar-refractivity contribution >= 4 is 28.1 Å². The Morgan fingerprint density at radius 1 is 1.31 bits per heavy atom. The van der Waals surface area contributed by atoms with Crippen molar-refractivity contribution in [3.8, 4) is 22.8 Å². The zero-order chi connectivity index (χ0) is 18.5. The van der Waals surface area contributed by atoms with E-state index in [1.807, 2.05) is 30.3 Å². The Balaban J connectivity index is 1.69. The van der Waals surface area contributed by atoms with Crippen LogP contribution in [0.15, 0.2) is 58.1 Å². The van der Waals surface area contributed by atoms with Crippen LogP contribution in [0, 0.1) is 0 Å². The summed E-state index contributed by atoms with van der Waals surface area (Å²) in [6.07, 6.45) is 1.44. The zero-order valence-corrected chi connectivity index (χ0v) is 15.3. The molecule has 0 saturated carbocycles. The number of hydrazone groups is 1. The molecule has 132 valence electrons. The van der Waals surface area contributed by atoms with Crippen molar-refractivity contribution in [2.24, 2.45) is 5.10 Å². The minimum Gasteiger partial charge on any atom is -0.503 e. The standard InChI is InChI=1S/C18H15BrN4O3/c1-26-16-8-11(7-13(19)17(16)24)10-20-23-18(25)15-9-14(21-22-15)12-5-3-2-4-6-12/h2-10,24H,1H3,(H,21,22)(H,23,25)/b20-10+. The number of carbonyl (C=O) groups is 1. The number of carbonyl (C=O) groups excluding carboxylic acids is 1. The number of nitrogens with one attached hydrogen (secondary N) is 2. The lowest BCUT2D eigenvalue weighted by molar-refractivity contribution is 0.0950. The molecule has 0 unspecified atom stereocenters. The molecule has 0 saturated heterocycles. The maximum absolute atomic E-state index is 12.2. The van der Waals surface area contributed by atoms with Crippen LogP contribution in [0.4, 0.5) is 0 Å². The largest absolute Gasteiger partial charge is 0.503 e. The Bertz CT molecular complexity index is 954. The van der Waals surface area contributed by atoms with Gasteiger partial charge in [-0.05, 0) is 39.7 Å². The van der Waals surface area contributed by atoms with Gasteiger partial charge in [0.15, 0.2) is 11.5 Å². The number of benzene rings is 2. The van der Waals surface area contributed by atoms with Gasteiger partial charge in [-0.25, -0.2) is 5.43 Å². The number of aromatic amines is 1. The fourth-order valence-electron chi connectivity index (χ4n) is 2.24. The Kier molecular flexibility index (Phi) is 5.33. The summed E-state index contributed by atoms with van der Waals surface area (Å²) in [6.45, 7) is 0. The Morgan fingerprint density at radius 3 is 2.81 bits per heavy atom. The Labute approximate surface area is 157 Å². The molecule has 0 fully saturated rings. The molecule has 3 aromatic rings. The molecule has 1 amide bonds. The van der Waals surface area contributed by atoms with E-state index >= 15 is 0 Å². The van der Waals surface area contributed by atoms with E-state index in [0.717, 1.165) is 5.56 Å². The third-order valence-electron chi connectivity index (χ3n) is 3.54. The van der Waals surface area contributed by atoms with Gasteiger partial charge in [0.2, 0.25) is 0 Å². The third-order valence-corrected chi connectivity index (χ3v) is 4.15. The first-order chi connectivity index (χ1) is 12.6. The van der Waals surface area contributed by atoms with Crippen molar-refractivity contribution in [2.75, 3.05) is 7.11 Å². The minimum atomic E-state index is -0.416. The van der Waals surface area contributed by atoms with Crippen molar-refractivity contribution in [3.63, 3.8) is 0 Å². The number of ether oxygens (including phenoxy) is 1. The van der Waals surface area contributed by atoms with Crippen molar-refractivity contribution in [2.45, 2.75) is 0 Å². The van der Waals surface area contributed by atoms with Crippen LogP contribution in [-0.2, 0) is 0 Å². The Morgan fingerprint density at radius 2 is 2.08 bits per heavy atom. The average Bonchev–Trinajstić information content (AvgIpc) is 3.15. The van der Waals surface area contributed by atoms with Crippen molar-refractivity contribution < 1.29 is 14.6 Å². The smallest absolute Gasteiger partial charge is 0.289 e. The molecule has 0 aliphatic rings. The maximum atomic E-state index is 12.2. The first-order valence-corrected chi connectivity index (χ1v) is 8.38. The van der Waals surface area contributed by atoms with Crippen LogP contribution < -0.4 is 10.2 Å². The minimum absolute atomic E-state index is 0.000383. The number of amides is 1. The maximum Gasteiger partial charge on any atom is 0.289 e. The molecule has 0 radical (unpaired) electrons. The number of halogens is 1. The van der Waals surface area contributed by atoms with Gasteiger partial charge in [-0.3, -0.25) is 9.89 Å². The lowest BCUT2D eigenvalue weighted by Crippen LogP contribution is -2.18. The van der Waals surface area contributed by atoms with E-state index in [4.69, 9.17) is 4.74 Å². The van der Waals surface area contributed by atoms with Gasteiger partial charge in [0.25, 0.3) is 5.91 Å². The summed E-state index contributed by atoms with van der Waals surface area (Å²) < 4.78 is 5.53. The molecule has 0 aliphatic carbocycles. The molecule has 0 spiro atoms. The van der Waals surface area contributed by atoms with Gasteiger partial charge in [-0.15, -0.1) is 0 Å². The molecule has 0 aliphatic heterocycles. The monoisotopic (exact) mass is 414 g/mol. The van der Waals surface area contributed by atoms with Crippen LogP contribution in [0.2, 0.25) is 0 Å². The molecule has 3 N–H and O–H groups in total. The van der Waals surface area contributed by atoms with E-state index in [0.29, 0.717) is 27.2 Å². The van der Waals surface area contributed by atoms with Crippen LogP contribution in [0.3, 0.4) is 0 Å². The van der Waals surface area contributed by atoms with E-state index in [1.165, 1.54) is 13.3 Å². The summed E-state index contributed by atoms with van der Waals surface area (Å²) >= 11 is 3.23. The number of hydrogen-bond acceptors (Lipinski definition) is 5. The normalized spacial score (nSPS) is 10.8. The van der Waals surface area contributed by atoms with Crippen LogP contribution >= 0.6 is 15.9 Å². The summed E-state index contributed by atoms with van der Waals surface area (Å²) in [6, 6.07) is 14.4. The summed E-state index contributed by atoms with van der Waals surface area (Å²) in [5.41, 5.74) is 4.94. The highest BCUT2D eigenvalue weighted by molar-refractivity contribution is 9.10. The van der Waals surface area contributed by atoms with Crippen LogP contribution in [-0.4, -0.2) is 34.5 Å². The molecule has 2 aromatic carbocycles. The van der Waals surface area contributed by atoms with E-state index in [2.05, 4.69) is 36.7 Å². The number of phenols is 1. The second kappa shape index (κ2) is 7.83. The number of hydrogen-bond donors (Lipinski definition) is 3. The SMILES string of the molecule is COc1cc(/C=N/NC(=O)c2cc(-c3ccccc3)n[nH]2)cc(Br)c1O. The first kappa shape index (κ1) is 17.7. The summed E-state index contributed by atoms with van der Waals surface area (Å²) in [4.78, 5) is 12.2. The third kappa shape index (κ3) is 3.92. The zero-order valence-electron chi connectivity index (χ0n) is 13.7. The fraction of sp³-hybridized carbons (Fsp3) is 0.0556. The first-order valence-electron chi connectivity index (χ1n) is 7.59. The number of nitrogens with zero attached hydrogens (tertiary/aromatic N) is 2. The second-order valence-electron chi connectivity index (χ2n) is 5.29. The number of aromatic nitrogens is 2. The number of aromatic hydroxyl groups is 1. The predicted octanol–water partition coefficient (Wildman–Crippen LogP) is 3.32. The number of rotatable bonds is 5. The van der Waals surface area contributed by atoms with Gasteiger partial charge in [0.05, 0.1) is 23.5 Å². The molecule has 3 rings (SSSR count). The van der Waals surface area contributed by atoms with Crippen LogP contribution in [0.1, 0.15) is 16.1 Å². The molecule has 0 atom stereocenters. The Hall–Kier alpha value is -3.13. The molecular formula is C18H15BrN4O3. The molecule has 1 aromatic heterocycles. The lowest BCUT2D eigenvalue weighted by Gasteiger charge is -2.06. The van der Waals surface area contributed by atoms with E-state index in [1.54, 1.807) is 18.2 Å². The number of methoxy groups -OCH3 is 1. The molecule has 7 nitrogen and oxygen atoms in total. The molecule has 8 heteroatoms. The average molecular weight is 415 g/mol. The van der Waals surface area contributed by atoms with Gasteiger partial charge in [-0.2, -0.15) is 10.2 Å². The van der Waals surface area contributed by atoms with Crippen LogP contribution in [0.25, 0.3) is 11.3 Å². The number of phenolic OH excluding ortho intramolecular Hbond substituents is 1. The van der Waals surface area contributed by atoms with Gasteiger partial charge >= 0.3 is 0 Å². The summed E-state index contributed by atoms with van der Waals surface area (Å²) in [5, 5.41) is 20.5. The molecule has 26 heavy (non-hydrogen) atoms. The van der Waals surface area contributed by atoms with Crippen molar-refractivity contribution in [1.29, 1.82) is 0 Å². The van der Waals surface area contributed by atoms with Gasteiger partial charge < -0.3 is 9.84 Å². The topological polar surface area (TPSA) is 99.6 Å². The predicted molar refractivity (Wildman–Crippen MR) is 101 cm³/mol. The van der Waals surface area contributed by atoms with Crippen LogP contribution in [0.5, 0.6) is 11.5 Å². The van der Waals surface area contributed by atoms with Crippen molar-refractivity contribution in [1.82, 2.24) is 15.6 Å². The van der Waals surface area contributed by atoms with Crippen molar-refractivity contribution in [3.05, 3.63) is 64.3 Å². The summed E-state index contributed by atoms with van der Waals surface area (Å²) in [7, 11) is 1.45. The molecule has 0 bridgehead atoms. The van der Waals surface area contributed by atoms with E-state index in [9.17, 15) is 9.90 Å². The highest BCUT2D eigenvalue weighted by Gasteiger charge is 2.10. The van der Waals surface area contributed by atoms with Gasteiger partial charge in [-0.1, -0.05) is 30.3 Å². The van der Waals surface area contributed by atoms with Gasteiger partial charge in [0.1, 0.15) is 5.69 Å². The number of H-pyrrole nitrogens is 1. The molecule has 1 heterocycles. The quantitative estimate of drug-likeness (QED) is 0.440. The summed E-state index contributed by atoms with van der Waals surface area (Å²) in [5.74, 6) is -0.117. The van der Waals surface area contributed by atoms with E-state index in [-0.39, 0.29) is 5.75 Å². The fourth-order valence-corrected chi connectivity index (χ4v) is 2.70. The lowest BCUT2D eigenvalue weighted by atomic mass is 10.1. The second-order valence-corrected chi connectivity index (χ2v) is 6.14. The van der Waals surface area contributed by atoms with Gasteiger partial charge in [0, 0.05) is 5.56 Å².